The molecule has 0 fully saturated rings. The largest absolute Gasteiger partial charge is 0.441 e. The Morgan fingerprint density at radius 3 is 2.92 bits per heavy atom. The molecule has 0 aliphatic rings. The molecule has 3 heterocycles. The molecule has 3 aromatic heterocycles. The van der Waals surface area contributed by atoms with Crippen molar-refractivity contribution in [2.75, 3.05) is 6.26 Å². The molecule has 0 saturated heterocycles. The summed E-state index contributed by atoms with van der Waals surface area (Å²) >= 11 is 1.54. The summed E-state index contributed by atoms with van der Waals surface area (Å²) < 4.78 is 11.1. The number of aryl methyl sites for hydroxylation is 1. The highest BCUT2D eigenvalue weighted by Crippen LogP contribution is 2.29. The molecule has 24 heavy (non-hydrogen) atoms. The number of hydrogen-bond donors (Lipinski definition) is 0. The van der Waals surface area contributed by atoms with Crippen LogP contribution >= 0.6 is 11.8 Å². The number of benzene rings is 1. The fraction of sp³-hybridized carbons (Fsp3) is 0.176. The highest BCUT2D eigenvalue weighted by atomic mass is 32.2. The van der Waals surface area contributed by atoms with Gasteiger partial charge < -0.3 is 8.94 Å². The predicted octanol–water partition coefficient (Wildman–Crippen LogP) is 4.22. The first kappa shape index (κ1) is 14.9. The number of oxazole rings is 1. The molecule has 4 rings (SSSR count). The minimum absolute atomic E-state index is 0.456. The number of fused-ring (bicyclic) bond motifs is 1. The van der Waals surface area contributed by atoms with Gasteiger partial charge in [0, 0.05) is 18.2 Å². The van der Waals surface area contributed by atoms with E-state index in [4.69, 9.17) is 8.94 Å². The van der Waals surface area contributed by atoms with Crippen LogP contribution in [0, 0.1) is 0 Å². The Kier molecular flexibility index (Phi) is 3.78. The molecule has 0 bridgehead atoms. The normalized spacial score (nSPS) is 11.2. The summed E-state index contributed by atoms with van der Waals surface area (Å²) in [5, 5.41) is 4.94. The molecule has 6 nitrogen and oxygen atoms in total. The first-order valence-electron chi connectivity index (χ1n) is 7.51. The Hall–Kier alpha value is -2.67. The van der Waals surface area contributed by atoms with Crippen molar-refractivity contribution in [1.29, 1.82) is 0 Å². The number of hydrogen-bond acceptors (Lipinski definition) is 7. The van der Waals surface area contributed by atoms with E-state index in [1.807, 2.05) is 43.5 Å². The summed E-state index contributed by atoms with van der Waals surface area (Å²) in [5.74, 6) is 1.69. The molecule has 1 aromatic carbocycles. The van der Waals surface area contributed by atoms with E-state index < -0.39 is 0 Å². The minimum atomic E-state index is 0.456. The van der Waals surface area contributed by atoms with Crippen molar-refractivity contribution in [3.8, 4) is 22.8 Å². The van der Waals surface area contributed by atoms with E-state index in [0.29, 0.717) is 11.7 Å². The molecule has 0 aliphatic carbocycles. The fourth-order valence-electron chi connectivity index (χ4n) is 2.43. The molecule has 120 valence electrons. The van der Waals surface area contributed by atoms with Gasteiger partial charge in [0.25, 0.3) is 5.89 Å². The molecular formula is C17H14N4O2S. The van der Waals surface area contributed by atoms with Gasteiger partial charge in [0.15, 0.2) is 11.5 Å². The number of rotatable bonds is 4. The lowest BCUT2D eigenvalue weighted by Crippen LogP contribution is -1.86. The highest BCUT2D eigenvalue weighted by Gasteiger charge is 2.15. The first-order valence-corrected chi connectivity index (χ1v) is 8.74. The maximum atomic E-state index is 5.63. The summed E-state index contributed by atoms with van der Waals surface area (Å²) in [6.45, 7) is 2.01. The van der Waals surface area contributed by atoms with Gasteiger partial charge in [-0.1, -0.05) is 12.1 Å². The summed E-state index contributed by atoms with van der Waals surface area (Å²) in [7, 11) is 0. The maximum Gasteiger partial charge on any atom is 0.260 e. The molecule has 7 heteroatoms. The van der Waals surface area contributed by atoms with Crippen LogP contribution in [-0.2, 0) is 6.42 Å². The molecule has 0 radical (unpaired) electrons. The van der Waals surface area contributed by atoms with E-state index in [9.17, 15) is 0 Å². The van der Waals surface area contributed by atoms with Crippen LogP contribution in [0.1, 0.15) is 12.8 Å². The predicted molar refractivity (Wildman–Crippen MR) is 91.7 cm³/mol. The SMILES string of the molecule is CCc1nc2cc(-c3noc(-c4cccnc4SC)n3)ccc2o1. The van der Waals surface area contributed by atoms with Crippen molar-refractivity contribution in [2.24, 2.45) is 0 Å². The average Bonchev–Trinajstić information content (AvgIpc) is 3.27. The molecule has 0 spiro atoms. The average molecular weight is 338 g/mol. The molecule has 0 amide bonds. The van der Waals surface area contributed by atoms with E-state index >= 15 is 0 Å². The lowest BCUT2D eigenvalue weighted by atomic mass is 10.2. The van der Waals surface area contributed by atoms with E-state index in [-0.39, 0.29) is 0 Å². The lowest BCUT2D eigenvalue weighted by Gasteiger charge is -1.99. The monoisotopic (exact) mass is 338 g/mol. The van der Waals surface area contributed by atoms with Crippen molar-refractivity contribution in [2.45, 2.75) is 18.4 Å². The van der Waals surface area contributed by atoms with Gasteiger partial charge in [0.1, 0.15) is 10.5 Å². The second-order valence-corrected chi connectivity index (χ2v) is 5.92. The maximum absolute atomic E-state index is 5.63. The van der Waals surface area contributed by atoms with Crippen LogP contribution in [0.3, 0.4) is 0 Å². The number of aromatic nitrogens is 4. The molecule has 0 saturated carbocycles. The van der Waals surface area contributed by atoms with Gasteiger partial charge in [-0.2, -0.15) is 4.98 Å². The summed E-state index contributed by atoms with van der Waals surface area (Å²) in [4.78, 5) is 13.3. The zero-order chi connectivity index (χ0) is 16.5. The van der Waals surface area contributed by atoms with Gasteiger partial charge in [-0.3, -0.25) is 0 Å². The Morgan fingerprint density at radius 1 is 1.17 bits per heavy atom. The van der Waals surface area contributed by atoms with Crippen LogP contribution in [0.15, 0.2) is 50.5 Å². The lowest BCUT2D eigenvalue weighted by molar-refractivity contribution is 0.431. The van der Waals surface area contributed by atoms with Crippen molar-refractivity contribution in [3.05, 3.63) is 42.4 Å². The van der Waals surface area contributed by atoms with E-state index in [2.05, 4.69) is 20.1 Å². The Morgan fingerprint density at radius 2 is 2.08 bits per heavy atom. The van der Waals surface area contributed by atoms with Crippen LogP contribution < -0.4 is 0 Å². The summed E-state index contributed by atoms with van der Waals surface area (Å²) in [6, 6.07) is 9.47. The second-order valence-electron chi connectivity index (χ2n) is 5.13. The third-order valence-corrected chi connectivity index (χ3v) is 4.33. The summed E-state index contributed by atoms with van der Waals surface area (Å²) in [5.41, 5.74) is 3.22. The zero-order valence-electron chi connectivity index (χ0n) is 13.2. The molecule has 0 atom stereocenters. The van der Waals surface area contributed by atoms with E-state index in [1.165, 1.54) is 0 Å². The number of thioether (sulfide) groups is 1. The zero-order valence-corrected chi connectivity index (χ0v) is 14.0. The van der Waals surface area contributed by atoms with E-state index in [1.54, 1.807) is 18.0 Å². The van der Waals surface area contributed by atoms with Gasteiger partial charge in [-0.25, -0.2) is 9.97 Å². The smallest absolute Gasteiger partial charge is 0.260 e. The van der Waals surface area contributed by atoms with Gasteiger partial charge in [-0.15, -0.1) is 11.8 Å². The van der Waals surface area contributed by atoms with Crippen LogP contribution in [0.25, 0.3) is 33.9 Å². The van der Waals surface area contributed by atoms with Gasteiger partial charge in [0.2, 0.25) is 5.82 Å². The van der Waals surface area contributed by atoms with Crippen molar-refractivity contribution in [3.63, 3.8) is 0 Å². The molecule has 4 aromatic rings. The second kappa shape index (κ2) is 6.09. The minimum Gasteiger partial charge on any atom is -0.441 e. The summed E-state index contributed by atoms with van der Waals surface area (Å²) in [6.07, 6.45) is 4.47. The van der Waals surface area contributed by atoms with Crippen LogP contribution in [0.4, 0.5) is 0 Å². The Balaban J connectivity index is 1.74. The van der Waals surface area contributed by atoms with Crippen LogP contribution in [-0.4, -0.2) is 26.4 Å². The third-order valence-electron chi connectivity index (χ3n) is 3.61. The van der Waals surface area contributed by atoms with Crippen LogP contribution in [0.2, 0.25) is 0 Å². The topological polar surface area (TPSA) is 77.8 Å². The van der Waals surface area contributed by atoms with Crippen molar-refractivity contribution < 1.29 is 8.94 Å². The molecular weight excluding hydrogens is 324 g/mol. The first-order chi connectivity index (χ1) is 11.8. The number of pyridine rings is 1. The van der Waals surface area contributed by atoms with Gasteiger partial charge in [0.05, 0.1) is 5.56 Å². The molecule has 0 N–H and O–H groups in total. The van der Waals surface area contributed by atoms with Crippen LogP contribution in [0.5, 0.6) is 0 Å². The number of nitrogens with zero attached hydrogens (tertiary/aromatic N) is 4. The van der Waals surface area contributed by atoms with E-state index in [0.717, 1.165) is 39.6 Å². The highest BCUT2D eigenvalue weighted by molar-refractivity contribution is 7.98. The third kappa shape index (κ3) is 2.56. The van der Waals surface area contributed by atoms with Gasteiger partial charge >= 0.3 is 0 Å². The quantitative estimate of drug-likeness (QED) is 0.515. The molecule has 0 unspecified atom stereocenters. The Bertz CT molecular complexity index is 1010. The van der Waals surface area contributed by atoms with Gasteiger partial charge in [-0.05, 0) is 36.6 Å². The van der Waals surface area contributed by atoms with Crippen molar-refractivity contribution in [1.82, 2.24) is 20.1 Å². The molecule has 0 aliphatic heterocycles. The standard InChI is InChI=1S/C17H14N4O2S/c1-3-14-19-12-9-10(6-7-13(12)22-14)15-20-16(23-21-15)11-5-4-8-18-17(11)24-2/h4-9H,3H2,1-2H3. The Labute approximate surface area is 142 Å². The fourth-order valence-corrected chi connectivity index (χ4v) is 2.97. The van der Waals surface area contributed by atoms with Crippen molar-refractivity contribution >= 4 is 22.9 Å².